The highest BCUT2D eigenvalue weighted by Crippen LogP contribution is 2.15. The maximum Gasteiger partial charge on any atom is 0.243 e. The summed E-state index contributed by atoms with van der Waals surface area (Å²) in [5, 5.41) is 16.9. The number of amides is 2. The second-order valence-corrected chi connectivity index (χ2v) is 6.82. The van der Waals surface area contributed by atoms with E-state index in [-0.39, 0.29) is 24.7 Å². The highest BCUT2D eigenvalue weighted by atomic mass is 16.2. The van der Waals surface area contributed by atoms with E-state index in [2.05, 4.69) is 20.6 Å². The first-order valence-electron chi connectivity index (χ1n) is 9.69. The van der Waals surface area contributed by atoms with E-state index in [0.29, 0.717) is 19.5 Å². The van der Waals surface area contributed by atoms with Crippen molar-refractivity contribution in [1.29, 1.82) is 0 Å². The van der Waals surface area contributed by atoms with Gasteiger partial charge >= 0.3 is 0 Å². The number of hydrogen-bond donors (Lipinski definition) is 1. The molecule has 148 valence electrons. The number of hydrogen-bond acceptors (Lipinski definition) is 5. The summed E-state index contributed by atoms with van der Waals surface area (Å²) in [6.07, 6.45) is 3.48. The van der Waals surface area contributed by atoms with Gasteiger partial charge in [-0.25, -0.2) is 5.01 Å². The molecule has 0 bridgehead atoms. The molecule has 3 aromatic rings. The summed E-state index contributed by atoms with van der Waals surface area (Å²) in [6, 6.07) is 15.5. The number of nitrogens with zero attached hydrogens (tertiary/aromatic N) is 5. The van der Waals surface area contributed by atoms with E-state index in [9.17, 15) is 9.59 Å². The Balaban J connectivity index is 1.21. The molecule has 2 aromatic heterocycles. The summed E-state index contributed by atoms with van der Waals surface area (Å²) in [6.45, 7) is 1.01. The zero-order valence-corrected chi connectivity index (χ0v) is 16.0. The summed E-state index contributed by atoms with van der Waals surface area (Å²) < 4.78 is 1.89. The molecular formula is C21H22N6O2. The minimum absolute atomic E-state index is 0.130. The molecule has 3 heterocycles. The van der Waals surface area contributed by atoms with Gasteiger partial charge in [0.25, 0.3) is 0 Å². The summed E-state index contributed by atoms with van der Waals surface area (Å²) in [4.78, 5) is 24.4. The van der Waals surface area contributed by atoms with Gasteiger partial charge < -0.3 is 5.32 Å². The van der Waals surface area contributed by atoms with Crippen molar-refractivity contribution >= 4 is 23.2 Å². The van der Waals surface area contributed by atoms with Crippen LogP contribution in [0.5, 0.6) is 0 Å². The summed E-state index contributed by atoms with van der Waals surface area (Å²) in [7, 11) is 0. The third-order valence-corrected chi connectivity index (χ3v) is 4.82. The Morgan fingerprint density at radius 2 is 1.83 bits per heavy atom. The minimum atomic E-state index is -0.154. The van der Waals surface area contributed by atoms with Gasteiger partial charge in [0, 0.05) is 38.4 Å². The van der Waals surface area contributed by atoms with E-state index in [1.165, 1.54) is 5.01 Å². The molecule has 0 aliphatic carbocycles. The molecule has 0 atom stereocenters. The van der Waals surface area contributed by atoms with E-state index in [0.717, 1.165) is 29.2 Å². The Kier molecular flexibility index (Phi) is 5.60. The van der Waals surface area contributed by atoms with Gasteiger partial charge in [-0.05, 0) is 17.7 Å². The first-order chi connectivity index (χ1) is 14.2. The monoisotopic (exact) mass is 390 g/mol. The van der Waals surface area contributed by atoms with Crippen LogP contribution in [0.3, 0.4) is 0 Å². The number of rotatable bonds is 7. The predicted molar refractivity (Wildman–Crippen MR) is 108 cm³/mol. The first-order valence-corrected chi connectivity index (χ1v) is 9.69. The molecule has 8 heteroatoms. The van der Waals surface area contributed by atoms with Gasteiger partial charge in [0.05, 0.1) is 12.3 Å². The molecule has 0 saturated heterocycles. The zero-order chi connectivity index (χ0) is 20.1. The molecule has 1 aromatic carbocycles. The molecule has 0 saturated carbocycles. The van der Waals surface area contributed by atoms with Gasteiger partial charge in [-0.15, -0.1) is 10.2 Å². The number of carbonyl (C=O) groups excluding carboxylic acids is 2. The van der Waals surface area contributed by atoms with Crippen molar-refractivity contribution in [3.05, 3.63) is 66.1 Å². The molecule has 2 amide bonds. The lowest BCUT2D eigenvalue weighted by Crippen LogP contribution is -2.29. The molecule has 0 radical (unpaired) electrons. The molecule has 0 unspecified atom stereocenters. The molecule has 1 aliphatic rings. The lowest BCUT2D eigenvalue weighted by molar-refractivity contribution is -0.133. The number of aromatic nitrogens is 3. The Labute approximate surface area is 168 Å². The van der Waals surface area contributed by atoms with Crippen LogP contribution >= 0.6 is 0 Å². The average molecular weight is 390 g/mol. The van der Waals surface area contributed by atoms with Gasteiger partial charge in [-0.3, -0.25) is 14.0 Å². The molecule has 0 fully saturated rings. The van der Waals surface area contributed by atoms with Gasteiger partial charge in [0.1, 0.15) is 5.82 Å². The average Bonchev–Trinajstić information content (AvgIpc) is 3.41. The Hall–Kier alpha value is -3.55. The lowest BCUT2D eigenvalue weighted by Gasteiger charge is -2.11. The topological polar surface area (TPSA) is 92.0 Å². The van der Waals surface area contributed by atoms with Crippen LogP contribution < -0.4 is 5.32 Å². The van der Waals surface area contributed by atoms with Crippen molar-refractivity contribution in [2.75, 3.05) is 13.1 Å². The fraction of sp³-hybridized carbons (Fsp3) is 0.286. The quantitative estimate of drug-likeness (QED) is 0.666. The molecule has 1 N–H and O–H groups in total. The largest absolute Gasteiger partial charge is 0.356 e. The molecule has 0 spiro atoms. The number of benzene rings is 1. The maximum absolute atomic E-state index is 12.4. The van der Waals surface area contributed by atoms with E-state index < -0.39 is 0 Å². The van der Waals surface area contributed by atoms with Gasteiger partial charge in [0.2, 0.25) is 11.8 Å². The van der Waals surface area contributed by atoms with E-state index in [4.69, 9.17) is 0 Å². The molecular weight excluding hydrogens is 368 g/mol. The second-order valence-electron chi connectivity index (χ2n) is 6.82. The Morgan fingerprint density at radius 3 is 2.69 bits per heavy atom. The number of carbonyl (C=O) groups is 2. The van der Waals surface area contributed by atoms with Crippen molar-refractivity contribution in [2.45, 2.75) is 25.7 Å². The Morgan fingerprint density at radius 1 is 1.00 bits per heavy atom. The lowest BCUT2D eigenvalue weighted by atomic mass is 10.1. The zero-order valence-electron chi connectivity index (χ0n) is 16.0. The van der Waals surface area contributed by atoms with Gasteiger partial charge in [-0.1, -0.05) is 36.4 Å². The van der Waals surface area contributed by atoms with E-state index in [1.807, 2.05) is 59.1 Å². The summed E-state index contributed by atoms with van der Waals surface area (Å²) >= 11 is 0. The molecule has 1 aliphatic heterocycles. The Bertz CT molecular complexity index is 1040. The van der Waals surface area contributed by atoms with Crippen LogP contribution in [-0.4, -0.2) is 50.2 Å². The van der Waals surface area contributed by atoms with E-state index in [1.54, 1.807) is 0 Å². The summed E-state index contributed by atoms with van der Waals surface area (Å²) in [5.41, 5.74) is 2.71. The molecule has 4 rings (SSSR count). The highest BCUT2D eigenvalue weighted by molar-refractivity contribution is 6.02. The normalized spacial score (nSPS) is 13.5. The third-order valence-electron chi connectivity index (χ3n) is 4.82. The number of hydrazone groups is 1. The summed E-state index contributed by atoms with van der Waals surface area (Å²) in [5.74, 6) is 0.505. The van der Waals surface area contributed by atoms with Crippen LogP contribution in [0.25, 0.3) is 5.65 Å². The van der Waals surface area contributed by atoms with Crippen molar-refractivity contribution < 1.29 is 9.59 Å². The second kappa shape index (κ2) is 8.64. The highest BCUT2D eigenvalue weighted by Gasteiger charge is 2.21. The molecule has 29 heavy (non-hydrogen) atoms. The first kappa shape index (κ1) is 18.8. The fourth-order valence-corrected chi connectivity index (χ4v) is 3.28. The standard InChI is InChI=1S/C21H22N6O2/c28-20(22-13-11-19-24-23-18-8-4-5-14-26(18)19)9-10-21(29)27-15-12-17(25-27)16-6-2-1-3-7-16/h1-8,14H,9-13,15H2,(H,22,28). The van der Waals surface area contributed by atoms with Crippen LogP contribution in [0.1, 0.15) is 30.7 Å². The van der Waals surface area contributed by atoms with Crippen LogP contribution in [0.15, 0.2) is 59.8 Å². The number of nitrogens with one attached hydrogen (secondary N) is 1. The predicted octanol–water partition coefficient (Wildman–Crippen LogP) is 1.80. The number of pyridine rings is 1. The van der Waals surface area contributed by atoms with Crippen molar-refractivity contribution in [3.63, 3.8) is 0 Å². The van der Waals surface area contributed by atoms with Crippen molar-refractivity contribution in [3.8, 4) is 0 Å². The van der Waals surface area contributed by atoms with Crippen LogP contribution in [0.4, 0.5) is 0 Å². The van der Waals surface area contributed by atoms with Crippen LogP contribution in [0.2, 0.25) is 0 Å². The van der Waals surface area contributed by atoms with Crippen LogP contribution in [0, 0.1) is 0 Å². The number of fused-ring (bicyclic) bond motifs is 1. The van der Waals surface area contributed by atoms with Crippen LogP contribution in [-0.2, 0) is 16.0 Å². The van der Waals surface area contributed by atoms with Crippen molar-refractivity contribution in [2.24, 2.45) is 5.10 Å². The van der Waals surface area contributed by atoms with Gasteiger partial charge in [-0.2, -0.15) is 5.10 Å². The fourth-order valence-electron chi connectivity index (χ4n) is 3.28. The maximum atomic E-state index is 12.4. The smallest absolute Gasteiger partial charge is 0.243 e. The van der Waals surface area contributed by atoms with E-state index >= 15 is 0 Å². The SMILES string of the molecule is O=C(CCC(=O)N1CCC(c2ccccc2)=N1)NCCc1nnc2ccccn12. The third kappa shape index (κ3) is 4.48. The van der Waals surface area contributed by atoms with Crippen molar-refractivity contribution in [1.82, 2.24) is 24.9 Å². The minimum Gasteiger partial charge on any atom is -0.356 e. The van der Waals surface area contributed by atoms with Gasteiger partial charge in [0.15, 0.2) is 5.65 Å². The molecule has 8 nitrogen and oxygen atoms in total.